The molecule has 0 aliphatic carbocycles. The smallest absolute Gasteiger partial charge is 0.293 e. The molecule has 0 bridgehead atoms. The zero-order valence-corrected chi connectivity index (χ0v) is 9.97. The van der Waals surface area contributed by atoms with Gasteiger partial charge >= 0.3 is 0 Å². The lowest BCUT2D eigenvalue weighted by molar-refractivity contribution is -0.129. The van der Waals surface area contributed by atoms with Crippen LogP contribution >= 0.6 is 0 Å². The molecule has 4 nitrogen and oxygen atoms in total. The van der Waals surface area contributed by atoms with Crippen LogP contribution in [-0.4, -0.2) is 25.6 Å². The van der Waals surface area contributed by atoms with E-state index >= 15 is 0 Å². The number of carbonyl (C=O) groups excluding carboxylic acids is 1. The summed E-state index contributed by atoms with van der Waals surface area (Å²) in [6, 6.07) is 10.0. The summed E-state index contributed by atoms with van der Waals surface area (Å²) in [7, 11) is 0. The van der Waals surface area contributed by atoms with Crippen molar-refractivity contribution in [2.75, 3.05) is 13.1 Å². The molecule has 0 radical (unpaired) electrons. The molecule has 2 rings (SSSR count). The second kappa shape index (κ2) is 8.73. The van der Waals surface area contributed by atoms with Crippen molar-refractivity contribution in [2.24, 2.45) is 5.73 Å². The molecule has 1 heterocycles. The summed E-state index contributed by atoms with van der Waals surface area (Å²) in [6.07, 6.45) is 2.31. The van der Waals surface area contributed by atoms with Crippen molar-refractivity contribution in [1.29, 1.82) is 0 Å². The van der Waals surface area contributed by atoms with Crippen LogP contribution in [0.1, 0.15) is 18.4 Å². The molecule has 0 unspecified atom stereocenters. The van der Waals surface area contributed by atoms with Gasteiger partial charge in [-0.25, -0.2) is 0 Å². The molecule has 4 heteroatoms. The lowest BCUT2D eigenvalue weighted by atomic mass is 10.1. The first kappa shape index (κ1) is 13.7. The molecule has 0 amide bonds. The average Bonchev–Trinajstić information content (AvgIpc) is 2.39. The molecule has 17 heavy (non-hydrogen) atoms. The Bertz CT molecular complexity index is 298. The lowest BCUT2D eigenvalue weighted by Gasteiger charge is -2.17. The second-order valence-corrected chi connectivity index (χ2v) is 3.98. The predicted octanol–water partition coefficient (Wildman–Crippen LogP) is 1.06. The number of hydrogen-bond donors (Lipinski definition) is 2. The molecule has 0 spiro atoms. The molecule has 1 aliphatic heterocycles. The first-order valence-electron chi connectivity index (χ1n) is 5.88. The molecule has 1 saturated heterocycles. The standard InChI is InChI=1S/C8H8O2.C5H12N2/c9-7-10-6-8-4-2-1-3-5-8;6-5-1-3-7-4-2-5/h1-5,7H,6H2;5,7H,1-4,6H2. The summed E-state index contributed by atoms with van der Waals surface area (Å²) >= 11 is 0. The maximum atomic E-state index is 9.76. The quantitative estimate of drug-likeness (QED) is 0.770. The van der Waals surface area contributed by atoms with E-state index in [1.807, 2.05) is 30.3 Å². The Morgan fingerprint density at radius 2 is 1.94 bits per heavy atom. The minimum absolute atomic E-state index is 0.365. The summed E-state index contributed by atoms with van der Waals surface area (Å²) in [6.45, 7) is 3.04. The molecule has 0 aromatic heterocycles. The summed E-state index contributed by atoms with van der Waals surface area (Å²) in [4.78, 5) is 9.76. The fourth-order valence-corrected chi connectivity index (χ4v) is 1.55. The number of carbonyl (C=O) groups is 1. The van der Waals surface area contributed by atoms with Crippen molar-refractivity contribution in [3.63, 3.8) is 0 Å². The topological polar surface area (TPSA) is 64.3 Å². The highest BCUT2D eigenvalue weighted by atomic mass is 16.5. The highest BCUT2D eigenvalue weighted by Crippen LogP contribution is 1.98. The fraction of sp³-hybridized carbons (Fsp3) is 0.462. The highest BCUT2D eigenvalue weighted by molar-refractivity contribution is 5.37. The van der Waals surface area contributed by atoms with Gasteiger partial charge in [-0.1, -0.05) is 30.3 Å². The van der Waals surface area contributed by atoms with Crippen LogP contribution in [-0.2, 0) is 16.1 Å². The Morgan fingerprint density at radius 3 is 2.41 bits per heavy atom. The molecule has 0 atom stereocenters. The van der Waals surface area contributed by atoms with E-state index in [1.54, 1.807) is 0 Å². The number of ether oxygens (including phenoxy) is 1. The van der Waals surface area contributed by atoms with Gasteiger partial charge in [0.2, 0.25) is 0 Å². The maximum absolute atomic E-state index is 9.76. The summed E-state index contributed by atoms with van der Waals surface area (Å²) in [5, 5.41) is 3.24. The number of nitrogens with one attached hydrogen (secondary N) is 1. The second-order valence-electron chi connectivity index (χ2n) is 3.98. The van der Waals surface area contributed by atoms with Crippen LogP contribution in [0.3, 0.4) is 0 Å². The first-order valence-corrected chi connectivity index (χ1v) is 5.88. The normalized spacial score (nSPS) is 15.6. The fourth-order valence-electron chi connectivity index (χ4n) is 1.55. The third-order valence-corrected chi connectivity index (χ3v) is 2.54. The van der Waals surface area contributed by atoms with Crippen LogP contribution in [0.4, 0.5) is 0 Å². The van der Waals surface area contributed by atoms with Gasteiger partial charge in [0, 0.05) is 6.04 Å². The maximum Gasteiger partial charge on any atom is 0.293 e. The zero-order chi connectivity index (χ0) is 12.3. The largest absolute Gasteiger partial charge is 0.463 e. The van der Waals surface area contributed by atoms with Crippen molar-refractivity contribution >= 4 is 6.47 Å². The van der Waals surface area contributed by atoms with E-state index in [4.69, 9.17) is 5.73 Å². The molecular weight excluding hydrogens is 216 g/mol. The number of rotatable bonds is 3. The van der Waals surface area contributed by atoms with Gasteiger partial charge in [-0.2, -0.15) is 0 Å². The molecule has 1 fully saturated rings. The SMILES string of the molecule is NC1CCNCC1.O=COCc1ccccc1. The van der Waals surface area contributed by atoms with Gasteiger partial charge in [0.1, 0.15) is 6.61 Å². The number of piperidine rings is 1. The van der Waals surface area contributed by atoms with Crippen LogP contribution < -0.4 is 11.1 Å². The van der Waals surface area contributed by atoms with E-state index in [0.29, 0.717) is 19.1 Å². The predicted molar refractivity (Wildman–Crippen MR) is 67.4 cm³/mol. The van der Waals surface area contributed by atoms with Crippen LogP contribution in [0.25, 0.3) is 0 Å². The summed E-state index contributed by atoms with van der Waals surface area (Å²) in [5.41, 5.74) is 6.60. The Hall–Kier alpha value is -1.39. The van der Waals surface area contributed by atoms with E-state index in [9.17, 15) is 4.79 Å². The minimum atomic E-state index is 0.365. The van der Waals surface area contributed by atoms with Gasteiger partial charge in [-0.05, 0) is 31.5 Å². The van der Waals surface area contributed by atoms with Crippen molar-refractivity contribution in [1.82, 2.24) is 5.32 Å². The van der Waals surface area contributed by atoms with Crippen molar-refractivity contribution in [3.05, 3.63) is 35.9 Å². The summed E-state index contributed by atoms with van der Waals surface area (Å²) in [5.74, 6) is 0. The molecule has 3 N–H and O–H groups in total. The van der Waals surface area contributed by atoms with Crippen molar-refractivity contribution < 1.29 is 9.53 Å². The monoisotopic (exact) mass is 236 g/mol. The Morgan fingerprint density at radius 1 is 1.29 bits per heavy atom. The number of benzene rings is 1. The minimum Gasteiger partial charge on any atom is -0.463 e. The average molecular weight is 236 g/mol. The van der Waals surface area contributed by atoms with Gasteiger partial charge < -0.3 is 15.8 Å². The van der Waals surface area contributed by atoms with Crippen LogP contribution in [0.15, 0.2) is 30.3 Å². The zero-order valence-electron chi connectivity index (χ0n) is 9.97. The van der Waals surface area contributed by atoms with E-state index in [0.717, 1.165) is 31.5 Å². The molecule has 1 aliphatic rings. The van der Waals surface area contributed by atoms with Crippen molar-refractivity contribution in [2.45, 2.75) is 25.5 Å². The Balaban J connectivity index is 0.000000181. The highest BCUT2D eigenvalue weighted by Gasteiger charge is 2.05. The van der Waals surface area contributed by atoms with Crippen LogP contribution in [0, 0.1) is 0 Å². The molecule has 1 aromatic rings. The van der Waals surface area contributed by atoms with Gasteiger partial charge in [0.05, 0.1) is 0 Å². The molecule has 94 valence electrons. The van der Waals surface area contributed by atoms with Crippen LogP contribution in [0.5, 0.6) is 0 Å². The molecular formula is C13H20N2O2. The van der Waals surface area contributed by atoms with Gasteiger partial charge in [0.15, 0.2) is 0 Å². The van der Waals surface area contributed by atoms with E-state index in [1.165, 1.54) is 0 Å². The van der Waals surface area contributed by atoms with Crippen LogP contribution in [0.2, 0.25) is 0 Å². The van der Waals surface area contributed by atoms with E-state index in [2.05, 4.69) is 10.1 Å². The van der Waals surface area contributed by atoms with Gasteiger partial charge in [-0.3, -0.25) is 4.79 Å². The first-order chi connectivity index (χ1) is 8.33. The Kier molecular flexibility index (Phi) is 7.02. The Labute approximate surface area is 102 Å². The molecule has 1 aromatic carbocycles. The van der Waals surface area contributed by atoms with E-state index < -0.39 is 0 Å². The summed E-state index contributed by atoms with van der Waals surface area (Å²) < 4.78 is 4.54. The lowest BCUT2D eigenvalue weighted by Crippen LogP contribution is -2.35. The molecule has 0 saturated carbocycles. The van der Waals surface area contributed by atoms with E-state index in [-0.39, 0.29) is 0 Å². The van der Waals surface area contributed by atoms with Gasteiger partial charge in [0.25, 0.3) is 6.47 Å². The third-order valence-electron chi connectivity index (χ3n) is 2.54. The van der Waals surface area contributed by atoms with Crippen molar-refractivity contribution in [3.8, 4) is 0 Å². The van der Waals surface area contributed by atoms with Gasteiger partial charge in [-0.15, -0.1) is 0 Å². The third kappa shape index (κ3) is 6.71. The number of hydrogen-bond acceptors (Lipinski definition) is 4. The number of nitrogens with two attached hydrogens (primary N) is 1.